The lowest BCUT2D eigenvalue weighted by Crippen LogP contribution is -2.35. The number of aldehydes is 1. The van der Waals surface area contributed by atoms with Crippen molar-refractivity contribution in [2.45, 2.75) is 6.42 Å². The fourth-order valence-electron chi connectivity index (χ4n) is 1.71. The Kier molecular flexibility index (Phi) is 2.41. The summed E-state index contributed by atoms with van der Waals surface area (Å²) in [6.45, 7) is 0.678. The van der Waals surface area contributed by atoms with Crippen LogP contribution in [0.1, 0.15) is 16.8 Å². The van der Waals surface area contributed by atoms with Crippen LogP contribution in [0.4, 0.5) is 5.69 Å². The Morgan fingerprint density at radius 3 is 2.80 bits per heavy atom. The Morgan fingerprint density at radius 2 is 2.20 bits per heavy atom. The van der Waals surface area contributed by atoms with E-state index in [1.807, 2.05) is 17.1 Å². The summed E-state index contributed by atoms with van der Waals surface area (Å²) in [5.41, 5.74) is 1.51. The van der Waals surface area contributed by atoms with Crippen LogP contribution in [-0.2, 0) is 4.79 Å². The van der Waals surface area contributed by atoms with E-state index in [1.54, 1.807) is 24.2 Å². The van der Waals surface area contributed by atoms with E-state index < -0.39 is 0 Å². The van der Waals surface area contributed by atoms with Crippen molar-refractivity contribution in [1.82, 2.24) is 5.01 Å². The first kappa shape index (κ1) is 9.71. The molecule has 4 nitrogen and oxygen atoms in total. The van der Waals surface area contributed by atoms with Gasteiger partial charge in [-0.25, -0.2) is 0 Å². The number of benzene rings is 1. The van der Waals surface area contributed by atoms with Gasteiger partial charge in [0.15, 0.2) is 0 Å². The van der Waals surface area contributed by atoms with Crippen LogP contribution in [0.5, 0.6) is 0 Å². The van der Waals surface area contributed by atoms with Gasteiger partial charge in [-0.3, -0.25) is 19.6 Å². The molecule has 1 aliphatic heterocycles. The molecule has 78 valence electrons. The van der Waals surface area contributed by atoms with Crippen molar-refractivity contribution in [3.8, 4) is 0 Å². The van der Waals surface area contributed by atoms with Crippen LogP contribution < -0.4 is 5.01 Å². The van der Waals surface area contributed by atoms with Crippen LogP contribution in [-0.4, -0.2) is 30.8 Å². The summed E-state index contributed by atoms with van der Waals surface area (Å²) >= 11 is 0. The molecule has 0 unspecified atom stereocenters. The lowest BCUT2D eigenvalue weighted by Gasteiger charge is -2.26. The van der Waals surface area contributed by atoms with Gasteiger partial charge >= 0.3 is 0 Å². The quantitative estimate of drug-likeness (QED) is 0.677. The molecule has 0 N–H and O–H groups in total. The normalized spacial score (nSPS) is 15.9. The van der Waals surface area contributed by atoms with Gasteiger partial charge in [0.1, 0.15) is 6.29 Å². The molecule has 2 rings (SSSR count). The van der Waals surface area contributed by atoms with Crippen molar-refractivity contribution < 1.29 is 9.59 Å². The van der Waals surface area contributed by atoms with Crippen LogP contribution in [0.2, 0.25) is 0 Å². The van der Waals surface area contributed by atoms with Crippen molar-refractivity contribution in [1.29, 1.82) is 0 Å². The van der Waals surface area contributed by atoms with E-state index in [-0.39, 0.29) is 5.91 Å². The minimum absolute atomic E-state index is 0.103. The van der Waals surface area contributed by atoms with Gasteiger partial charge in [-0.05, 0) is 12.1 Å². The number of anilines is 1. The first-order valence-corrected chi connectivity index (χ1v) is 4.81. The molecule has 0 atom stereocenters. The third kappa shape index (κ3) is 1.70. The molecule has 15 heavy (non-hydrogen) atoms. The van der Waals surface area contributed by atoms with Crippen LogP contribution in [0, 0.1) is 0 Å². The Hall–Kier alpha value is -1.84. The highest BCUT2D eigenvalue weighted by Crippen LogP contribution is 2.21. The zero-order valence-electron chi connectivity index (χ0n) is 8.51. The summed E-state index contributed by atoms with van der Waals surface area (Å²) in [4.78, 5) is 21.9. The van der Waals surface area contributed by atoms with Gasteiger partial charge in [-0.2, -0.15) is 0 Å². The number of carbonyl (C=O) groups is 2. The fraction of sp³-hybridized carbons (Fsp3) is 0.273. The van der Waals surface area contributed by atoms with E-state index in [2.05, 4.69) is 0 Å². The highest BCUT2D eigenvalue weighted by atomic mass is 16.2. The third-order valence-electron chi connectivity index (χ3n) is 2.56. The molecule has 0 saturated carbocycles. The number of amides is 1. The van der Waals surface area contributed by atoms with Crippen molar-refractivity contribution in [3.05, 3.63) is 29.8 Å². The maximum absolute atomic E-state index is 11.3. The van der Waals surface area contributed by atoms with Gasteiger partial charge in [-0.15, -0.1) is 0 Å². The third-order valence-corrected chi connectivity index (χ3v) is 2.56. The van der Waals surface area contributed by atoms with Gasteiger partial charge in [-0.1, -0.05) is 12.1 Å². The Labute approximate surface area is 88.1 Å². The Balaban J connectivity index is 2.29. The lowest BCUT2D eigenvalue weighted by molar-refractivity contribution is -0.126. The average Bonchev–Trinajstić information content (AvgIpc) is 2.60. The molecule has 1 aromatic carbocycles. The SMILES string of the molecule is CN1C(=O)CCN1c1cccc(C=O)c1. The summed E-state index contributed by atoms with van der Waals surface area (Å²) in [7, 11) is 1.74. The Bertz CT molecular complexity index is 403. The monoisotopic (exact) mass is 204 g/mol. The molecule has 1 aliphatic rings. The lowest BCUT2D eigenvalue weighted by atomic mass is 10.2. The highest BCUT2D eigenvalue weighted by Gasteiger charge is 2.25. The summed E-state index contributed by atoms with van der Waals surface area (Å²) in [6.07, 6.45) is 1.34. The Morgan fingerprint density at radius 1 is 1.40 bits per heavy atom. The number of hydrogen-bond donors (Lipinski definition) is 0. The molecule has 1 heterocycles. The molecule has 0 radical (unpaired) electrons. The zero-order chi connectivity index (χ0) is 10.8. The van der Waals surface area contributed by atoms with Crippen LogP contribution in [0.3, 0.4) is 0 Å². The maximum atomic E-state index is 11.3. The first-order chi connectivity index (χ1) is 7.22. The van der Waals surface area contributed by atoms with Crippen molar-refractivity contribution >= 4 is 17.9 Å². The second-order valence-corrected chi connectivity index (χ2v) is 3.50. The van der Waals surface area contributed by atoms with Crippen molar-refractivity contribution in [2.75, 3.05) is 18.6 Å². The number of hydrazine groups is 1. The maximum Gasteiger partial charge on any atom is 0.242 e. The smallest absolute Gasteiger partial charge is 0.242 e. The minimum Gasteiger partial charge on any atom is -0.298 e. The number of hydrogen-bond acceptors (Lipinski definition) is 3. The van der Waals surface area contributed by atoms with Gasteiger partial charge in [0.25, 0.3) is 0 Å². The molecule has 1 fully saturated rings. The molecule has 0 aliphatic carbocycles. The molecule has 4 heteroatoms. The highest BCUT2D eigenvalue weighted by molar-refractivity contribution is 5.82. The van der Waals surface area contributed by atoms with E-state index in [1.165, 1.54) is 0 Å². The van der Waals surface area contributed by atoms with Crippen LogP contribution in [0.25, 0.3) is 0 Å². The largest absolute Gasteiger partial charge is 0.298 e. The summed E-state index contributed by atoms with van der Waals surface area (Å²) in [6, 6.07) is 7.23. The van der Waals surface area contributed by atoms with Crippen LogP contribution in [0.15, 0.2) is 24.3 Å². The molecule has 0 spiro atoms. The minimum atomic E-state index is 0.103. The number of nitrogens with zero attached hydrogens (tertiary/aromatic N) is 2. The van der Waals surface area contributed by atoms with E-state index in [4.69, 9.17) is 0 Å². The van der Waals surface area contributed by atoms with E-state index in [0.29, 0.717) is 18.5 Å². The molecule has 1 saturated heterocycles. The predicted molar refractivity (Wildman–Crippen MR) is 56.6 cm³/mol. The summed E-state index contributed by atoms with van der Waals surface area (Å²) in [5, 5.41) is 3.46. The van der Waals surface area contributed by atoms with Gasteiger partial charge in [0.2, 0.25) is 5.91 Å². The summed E-state index contributed by atoms with van der Waals surface area (Å²) in [5.74, 6) is 0.103. The second kappa shape index (κ2) is 3.73. The standard InChI is InChI=1S/C11H12N2O2/c1-12-11(15)5-6-13(12)10-4-2-3-9(7-10)8-14/h2-4,7-8H,5-6H2,1H3. The molecule has 0 aromatic heterocycles. The molecule has 1 amide bonds. The molecular formula is C11H12N2O2. The molecular weight excluding hydrogens is 192 g/mol. The van der Waals surface area contributed by atoms with Gasteiger partial charge in [0.05, 0.1) is 5.69 Å². The average molecular weight is 204 g/mol. The van der Waals surface area contributed by atoms with Crippen molar-refractivity contribution in [2.24, 2.45) is 0 Å². The van der Waals surface area contributed by atoms with E-state index in [0.717, 1.165) is 12.0 Å². The van der Waals surface area contributed by atoms with Crippen molar-refractivity contribution in [3.63, 3.8) is 0 Å². The predicted octanol–water partition coefficient (Wildman–Crippen LogP) is 1.08. The molecule has 1 aromatic rings. The molecule has 0 bridgehead atoms. The number of rotatable bonds is 2. The zero-order valence-corrected chi connectivity index (χ0v) is 8.51. The van der Waals surface area contributed by atoms with E-state index >= 15 is 0 Å². The van der Waals surface area contributed by atoms with Gasteiger partial charge in [0, 0.05) is 25.6 Å². The van der Waals surface area contributed by atoms with Crippen LogP contribution >= 0.6 is 0 Å². The summed E-state index contributed by atoms with van der Waals surface area (Å²) < 4.78 is 0. The topological polar surface area (TPSA) is 40.6 Å². The first-order valence-electron chi connectivity index (χ1n) is 4.81. The van der Waals surface area contributed by atoms with E-state index in [9.17, 15) is 9.59 Å². The fourth-order valence-corrected chi connectivity index (χ4v) is 1.71. The number of carbonyl (C=O) groups excluding carboxylic acids is 2. The second-order valence-electron chi connectivity index (χ2n) is 3.50. The van der Waals surface area contributed by atoms with Gasteiger partial charge < -0.3 is 0 Å².